The molecule has 0 aromatic heterocycles. The first-order valence-electron chi connectivity index (χ1n) is 4.16. The van der Waals surface area contributed by atoms with Crippen LogP contribution in [-0.2, 0) is 9.59 Å². The maximum absolute atomic E-state index is 11.4. The van der Waals surface area contributed by atoms with Crippen molar-refractivity contribution in [2.45, 2.75) is 6.42 Å². The number of ketones is 2. The number of allylic oxidation sites excluding steroid dienone is 4. The third-order valence-corrected chi connectivity index (χ3v) is 3.14. The molecule has 0 spiro atoms. The number of carbonyl (C=O) groups excluding carboxylic acids is 2. The number of Topliss-reactive ketones (excluding diaryl/α,β-unsaturated/α-hetero) is 1. The zero-order chi connectivity index (χ0) is 9.26. The molecule has 0 amide bonds. The van der Waals surface area contributed by atoms with Gasteiger partial charge in [-0.15, -0.1) is 0 Å². The summed E-state index contributed by atoms with van der Waals surface area (Å²) in [5, 5.41) is 0. The van der Waals surface area contributed by atoms with E-state index in [2.05, 4.69) is 0 Å². The Balaban J connectivity index is 2.21. The van der Waals surface area contributed by atoms with E-state index in [1.165, 1.54) is 6.08 Å². The predicted molar refractivity (Wildman–Crippen MR) is 51.0 cm³/mol. The fourth-order valence-electron chi connectivity index (χ4n) is 1.34. The van der Waals surface area contributed by atoms with Gasteiger partial charge in [-0.3, -0.25) is 9.59 Å². The SMILES string of the molecule is O=C1C=CC=C(N2CCCS2)C1=O. The molecule has 13 heavy (non-hydrogen) atoms. The van der Waals surface area contributed by atoms with Crippen molar-refractivity contribution in [3.05, 3.63) is 23.9 Å². The molecule has 0 atom stereocenters. The van der Waals surface area contributed by atoms with Gasteiger partial charge in [0.25, 0.3) is 0 Å². The van der Waals surface area contributed by atoms with Gasteiger partial charge in [0.05, 0.1) is 5.70 Å². The lowest BCUT2D eigenvalue weighted by atomic mass is 10.1. The van der Waals surface area contributed by atoms with Crippen LogP contribution in [0.1, 0.15) is 6.42 Å². The molecule has 0 radical (unpaired) electrons. The fraction of sp³-hybridized carbons (Fsp3) is 0.333. The minimum atomic E-state index is -0.412. The van der Waals surface area contributed by atoms with E-state index in [0.29, 0.717) is 5.70 Å². The van der Waals surface area contributed by atoms with Crippen molar-refractivity contribution in [3.8, 4) is 0 Å². The van der Waals surface area contributed by atoms with E-state index in [-0.39, 0.29) is 5.78 Å². The van der Waals surface area contributed by atoms with Crippen molar-refractivity contribution >= 4 is 23.5 Å². The number of hydrogen-bond acceptors (Lipinski definition) is 4. The zero-order valence-electron chi connectivity index (χ0n) is 7.03. The highest BCUT2D eigenvalue weighted by Gasteiger charge is 2.26. The van der Waals surface area contributed by atoms with Crippen LogP contribution in [0.25, 0.3) is 0 Å². The maximum Gasteiger partial charge on any atom is 0.249 e. The standard InChI is InChI=1S/C9H9NO2S/c11-8-4-1-3-7(9(8)12)10-5-2-6-13-10/h1,3-4H,2,5-6H2. The molecule has 4 heteroatoms. The second-order valence-electron chi connectivity index (χ2n) is 2.89. The van der Waals surface area contributed by atoms with Crippen LogP contribution in [0.3, 0.4) is 0 Å². The molecule has 0 N–H and O–H groups in total. The van der Waals surface area contributed by atoms with Crippen LogP contribution in [0.4, 0.5) is 0 Å². The van der Waals surface area contributed by atoms with E-state index < -0.39 is 5.78 Å². The van der Waals surface area contributed by atoms with Gasteiger partial charge < -0.3 is 4.31 Å². The first kappa shape index (κ1) is 8.56. The largest absolute Gasteiger partial charge is 0.312 e. The second kappa shape index (κ2) is 3.38. The van der Waals surface area contributed by atoms with Crippen molar-refractivity contribution in [1.82, 2.24) is 4.31 Å². The van der Waals surface area contributed by atoms with Gasteiger partial charge in [-0.1, -0.05) is 6.08 Å². The van der Waals surface area contributed by atoms with Crippen LogP contribution in [0.2, 0.25) is 0 Å². The highest BCUT2D eigenvalue weighted by Crippen LogP contribution is 2.26. The summed E-state index contributed by atoms with van der Waals surface area (Å²) in [5.41, 5.74) is 0.537. The van der Waals surface area contributed by atoms with Crippen LogP contribution in [0, 0.1) is 0 Å². The Morgan fingerprint density at radius 2 is 2.23 bits per heavy atom. The third-order valence-electron chi connectivity index (χ3n) is 1.98. The Labute approximate surface area is 80.6 Å². The summed E-state index contributed by atoms with van der Waals surface area (Å²) < 4.78 is 1.91. The van der Waals surface area contributed by atoms with Gasteiger partial charge in [-0.2, -0.15) is 0 Å². The van der Waals surface area contributed by atoms with Gasteiger partial charge in [0.15, 0.2) is 0 Å². The summed E-state index contributed by atoms with van der Waals surface area (Å²) in [6.07, 6.45) is 5.74. The molecule has 2 aliphatic rings. The van der Waals surface area contributed by atoms with Gasteiger partial charge in [-0.25, -0.2) is 0 Å². The molecule has 68 valence electrons. The average Bonchev–Trinajstić information content (AvgIpc) is 2.62. The highest BCUT2D eigenvalue weighted by molar-refractivity contribution is 7.97. The van der Waals surface area contributed by atoms with Crippen LogP contribution < -0.4 is 0 Å². The molecule has 0 unspecified atom stereocenters. The topological polar surface area (TPSA) is 37.4 Å². The molecule has 0 saturated carbocycles. The Kier molecular flexibility index (Phi) is 2.22. The number of nitrogens with zero attached hydrogens (tertiary/aromatic N) is 1. The molecular weight excluding hydrogens is 186 g/mol. The maximum atomic E-state index is 11.4. The number of carbonyl (C=O) groups is 2. The zero-order valence-corrected chi connectivity index (χ0v) is 7.84. The molecule has 2 rings (SSSR count). The molecule has 3 nitrogen and oxygen atoms in total. The van der Waals surface area contributed by atoms with Gasteiger partial charge in [0.2, 0.25) is 11.6 Å². The molecule has 1 saturated heterocycles. The summed E-state index contributed by atoms with van der Waals surface area (Å²) in [4.78, 5) is 22.4. The predicted octanol–water partition coefficient (Wildman–Crippen LogP) is 0.932. The monoisotopic (exact) mass is 195 g/mol. The summed E-state index contributed by atoms with van der Waals surface area (Å²) in [5.74, 6) is 0.240. The molecule has 1 aliphatic heterocycles. The second-order valence-corrected chi connectivity index (χ2v) is 4.00. The van der Waals surface area contributed by atoms with Gasteiger partial charge in [0.1, 0.15) is 0 Å². The number of hydrogen-bond donors (Lipinski definition) is 0. The van der Waals surface area contributed by atoms with E-state index in [0.717, 1.165) is 18.7 Å². The smallest absolute Gasteiger partial charge is 0.249 e. The molecule has 0 bridgehead atoms. The molecular formula is C9H9NO2S. The van der Waals surface area contributed by atoms with Gasteiger partial charge in [0, 0.05) is 12.3 Å². The van der Waals surface area contributed by atoms with E-state index in [9.17, 15) is 9.59 Å². The molecule has 0 aromatic carbocycles. The number of rotatable bonds is 1. The Hall–Kier alpha value is -1.03. The molecule has 0 aromatic rings. The van der Waals surface area contributed by atoms with E-state index in [4.69, 9.17) is 0 Å². The van der Waals surface area contributed by atoms with Crippen molar-refractivity contribution in [2.75, 3.05) is 12.3 Å². The first-order valence-corrected chi connectivity index (χ1v) is 5.11. The molecule has 1 heterocycles. The molecule has 1 fully saturated rings. The quantitative estimate of drug-likeness (QED) is 0.354. The van der Waals surface area contributed by atoms with Crippen molar-refractivity contribution in [2.24, 2.45) is 0 Å². The van der Waals surface area contributed by atoms with Crippen LogP contribution in [0.15, 0.2) is 23.9 Å². The minimum Gasteiger partial charge on any atom is -0.312 e. The van der Waals surface area contributed by atoms with Crippen molar-refractivity contribution < 1.29 is 9.59 Å². The van der Waals surface area contributed by atoms with Crippen LogP contribution in [0.5, 0.6) is 0 Å². The van der Waals surface area contributed by atoms with E-state index >= 15 is 0 Å². The summed E-state index contributed by atoms with van der Waals surface area (Å²) in [6, 6.07) is 0. The highest BCUT2D eigenvalue weighted by atomic mass is 32.2. The Bertz CT molecular complexity index is 314. The summed E-state index contributed by atoms with van der Waals surface area (Å²) in [6.45, 7) is 0.864. The Morgan fingerprint density at radius 3 is 2.92 bits per heavy atom. The van der Waals surface area contributed by atoms with Crippen molar-refractivity contribution in [3.63, 3.8) is 0 Å². The summed E-state index contributed by atoms with van der Waals surface area (Å²) >= 11 is 1.61. The van der Waals surface area contributed by atoms with Crippen molar-refractivity contribution in [1.29, 1.82) is 0 Å². The molecule has 1 aliphatic carbocycles. The van der Waals surface area contributed by atoms with Crippen LogP contribution in [-0.4, -0.2) is 28.2 Å². The van der Waals surface area contributed by atoms with Gasteiger partial charge >= 0.3 is 0 Å². The minimum absolute atomic E-state index is 0.378. The normalized spacial score (nSPS) is 22.5. The third kappa shape index (κ3) is 1.54. The van der Waals surface area contributed by atoms with E-state index in [1.54, 1.807) is 24.1 Å². The average molecular weight is 195 g/mol. The lowest BCUT2D eigenvalue weighted by Gasteiger charge is -2.18. The lowest BCUT2D eigenvalue weighted by molar-refractivity contribution is -0.132. The fourth-order valence-corrected chi connectivity index (χ4v) is 2.36. The van der Waals surface area contributed by atoms with Gasteiger partial charge in [-0.05, 0) is 30.5 Å². The van der Waals surface area contributed by atoms with Crippen LogP contribution >= 0.6 is 11.9 Å². The summed E-state index contributed by atoms with van der Waals surface area (Å²) in [7, 11) is 0. The van der Waals surface area contributed by atoms with E-state index in [1.807, 2.05) is 4.31 Å². The Morgan fingerprint density at radius 1 is 1.38 bits per heavy atom. The lowest BCUT2D eigenvalue weighted by Crippen LogP contribution is -2.25. The first-order chi connectivity index (χ1) is 6.29.